The van der Waals surface area contributed by atoms with Crippen molar-refractivity contribution in [2.24, 2.45) is 11.5 Å². The Morgan fingerprint density at radius 1 is 0.941 bits per heavy atom. The smallest absolute Gasteiger partial charge is 0.244 e. The van der Waals surface area contributed by atoms with Crippen LogP contribution in [0, 0.1) is 0 Å². The first-order valence-electron chi connectivity index (χ1n) is 6.88. The van der Waals surface area contributed by atoms with Crippen LogP contribution in [0.15, 0.2) is 11.1 Å². The molecule has 0 atom stereocenters. The molecule has 0 aliphatic carbocycles. The van der Waals surface area contributed by atoms with Gasteiger partial charge in [-0.15, -0.1) is 0 Å². The lowest BCUT2D eigenvalue weighted by Crippen LogP contribution is -2.19. The zero-order valence-electron chi connectivity index (χ0n) is 11.4. The van der Waals surface area contributed by atoms with Crippen molar-refractivity contribution >= 4 is 5.91 Å². The lowest BCUT2D eigenvalue weighted by Gasteiger charge is -2.11. The predicted octanol–water partition coefficient (Wildman–Crippen LogP) is 2.89. The minimum atomic E-state index is -0.280. The molecular formula is C14H28N2O. The molecule has 1 amide bonds. The van der Waals surface area contributed by atoms with Crippen molar-refractivity contribution in [1.29, 1.82) is 0 Å². The quantitative estimate of drug-likeness (QED) is 0.455. The Hall–Kier alpha value is -0.830. The molecule has 0 saturated heterocycles. The van der Waals surface area contributed by atoms with Gasteiger partial charge in [-0.1, -0.05) is 39.5 Å². The molecule has 3 heteroatoms. The van der Waals surface area contributed by atoms with Gasteiger partial charge in [0.1, 0.15) is 0 Å². The molecule has 3 nitrogen and oxygen atoms in total. The zero-order chi connectivity index (χ0) is 13.1. The van der Waals surface area contributed by atoms with Crippen LogP contribution < -0.4 is 11.5 Å². The summed E-state index contributed by atoms with van der Waals surface area (Å²) in [6.07, 6.45) is 8.52. The third kappa shape index (κ3) is 7.16. The number of hydrogen-bond donors (Lipinski definition) is 2. The fraction of sp³-hybridized carbons (Fsp3) is 0.786. The molecule has 0 unspecified atom stereocenters. The minimum absolute atomic E-state index is 0.280. The van der Waals surface area contributed by atoms with E-state index < -0.39 is 0 Å². The monoisotopic (exact) mass is 240 g/mol. The molecular weight excluding hydrogens is 212 g/mol. The molecule has 0 aromatic heterocycles. The summed E-state index contributed by atoms with van der Waals surface area (Å²) in [4.78, 5) is 11.4. The molecule has 0 bridgehead atoms. The molecule has 0 spiro atoms. The van der Waals surface area contributed by atoms with E-state index >= 15 is 0 Å². The van der Waals surface area contributed by atoms with Gasteiger partial charge in [0.25, 0.3) is 0 Å². The van der Waals surface area contributed by atoms with Gasteiger partial charge in [0.2, 0.25) is 5.91 Å². The summed E-state index contributed by atoms with van der Waals surface area (Å²) in [5.41, 5.74) is 13.0. The summed E-state index contributed by atoms with van der Waals surface area (Å²) in [5, 5.41) is 0. The number of hydrogen-bond acceptors (Lipinski definition) is 2. The number of primary amides is 1. The first kappa shape index (κ1) is 16.2. The van der Waals surface area contributed by atoms with Gasteiger partial charge in [0, 0.05) is 12.1 Å². The van der Waals surface area contributed by atoms with Crippen LogP contribution in [-0.4, -0.2) is 12.5 Å². The fourth-order valence-electron chi connectivity index (χ4n) is 1.99. The highest BCUT2D eigenvalue weighted by atomic mass is 16.1. The van der Waals surface area contributed by atoms with Gasteiger partial charge in [-0.3, -0.25) is 4.79 Å². The molecule has 0 heterocycles. The topological polar surface area (TPSA) is 69.1 Å². The average molecular weight is 240 g/mol. The van der Waals surface area contributed by atoms with Gasteiger partial charge in [-0.05, 0) is 31.3 Å². The Labute approximate surface area is 106 Å². The predicted molar refractivity (Wildman–Crippen MR) is 73.6 cm³/mol. The third-order valence-corrected chi connectivity index (χ3v) is 3.08. The second-order valence-corrected chi connectivity index (χ2v) is 4.56. The second kappa shape index (κ2) is 10.3. The summed E-state index contributed by atoms with van der Waals surface area (Å²) >= 11 is 0. The number of rotatable bonds is 10. The summed E-state index contributed by atoms with van der Waals surface area (Å²) in [7, 11) is 0. The lowest BCUT2D eigenvalue weighted by molar-refractivity contribution is -0.114. The van der Waals surface area contributed by atoms with Crippen LogP contribution >= 0.6 is 0 Å². The maximum Gasteiger partial charge on any atom is 0.244 e. The molecule has 17 heavy (non-hydrogen) atoms. The van der Waals surface area contributed by atoms with E-state index in [0.717, 1.165) is 49.7 Å². The molecule has 100 valence electrons. The van der Waals surface area contributed by atoms with E-state index in [1.807, 2.05) is 0 Å². The molecule has 0 saturated carbocycles. The number of unbranched alkanes of at least 4 members (excludes halogenated alkanes) is 4. The summed E-state index contributed by atoms with van der Waals surface area (Å²) in [6, 6.07) is 0. The molecule has 0 aromatic carbocycles. The highest BCUT2D eigenvalue weighted by Gasteiger charge is 2.10. The van der Waals surface area contributed by atoms with Gasteiger partial charge in [-0.25, -0.2) is 0 Å². The van der Waals surface area contributed by atoms with Crippen LogP contribution in [0.3, 0.4) is 0 Å². The van der Waals surface area contributed by atoms with E-state index in [1.54, 1.807) is 0 Å². The number of nitrogens with two attached hydrogens (primary N) is 2. The Balaban J connectivity index is 4.48. The normalized spacial score (nSPS) is 12.4. The largest absolute Gasteiger partial charge is 0.366 e. The van der Waals surface area contributed by atoms with Crippen LogP contribution in [0.25, 0.3) is 0 Å². The van der Waals surface area contributed by atoms with E-state index in [1.165, 1.54) is 12.8 Å². The molecule has 0 rings (SSSR count). The molecule has 0 aliphatic rings. The van der Waals surface area contributed by atoms with E-state index in [9.17, 15) is 4.79 Å². The Bertz CT molecular complexity index is 247. The maximum absolute atomic E-state index is 11.4. The summed E-state index contributed by atoms with van der Waals surface area (Å²) < 4.78 is 0. The summed E-state index contributed by atoms with van der Waals surface area (Å²) in [5.74, 6) is -0.280. The third-order valence-electron chi connectivity index (χ3n) is 3.08. The van der Waals surface area contributed by atoms with Gasteiger partial charge in [0.15, 0.2) is 0 Å². The maximum atomic E-state index is 11.4. The van der Waals surface area contributed by atoms with Crippen molar-refractivity contribution in [3.05, 3.63) is 11.1 Å². The molecule has 4 N–H and O–H groups in total. The first-order valence-corrected chi connectivity index (χ1v) is 6.88. The van der Waals surface area contributed by atoms with Crippen molar-refractivity contribution in [1.82, 2.24) is 0 Å². The van der Waals surface area contributed by atoms with Crippen LogP contribution in [0.1, 0.15) is 65.2 Å². The Kier molecular flexibility index (Phi) is 9.83. The average Bonchev–Trinajstić information content (AvgIpc) is 2.31. The van der Waals surface area contributed by atoms with Gasteiger partial charge in [-0.2, -0.15) is 0 Å². The van der Waals surface area contributed by atoms with E-state index in [2.05, 4.69) is 13.8 Å². The van der Waals surface area contributed by atoms with E-state index in [0.29, 0.717) is 6.54 Å². The van der Waals surface area contributed by atoms with Crippen LogP contribution in [0.4, 0.5) is 0 Å². The van der Waals surface area contributed by atoms with Gasteiger partial charge < -0.3 is 11.5 Å². The van der Waals surface area contributed by atoms with Crippen LogP contribution in [-0.2, 0) is 4.79 Å². The van der Waals surface area contributed by atoms with Crippen molar-refractivity contribution in [2.45, 2.75) is 65.2 Å². The fourth-order valence-corrected chi connectivity index (χ4v) is 1.99. The highest BCUT2D eigenvalue weighted by molar-refractivity contribution is 5.92. The Morgan fingerprint density at radius 2 is 1.47 bits per heavy atom. The van der Waals surface area contributed by atoms with Crippen molar-refractivity contribution in [2.75, 3.05) is 6.54 Å². The number of carbonyl (C=O) groups is 1. The minimum Gasteiger partial charge on any atom is -0.366 e. The SMILES string of the molecule is CCCCC/C(CN)=C(\CCCCC)C(N)=O. The second-order valence-electron chi connectivity index (χ2n) is 4.56. The van der Waals surface area contributed by atoms with Crippen LogP contribution in [0.5, 0.6) is 0 Å². The number of amides is 1. The van der Waals surface area contributed by atoms with Gasteiger partial charge >= 0.3 is 0 Å². The van der Waals surface area contributed by atoms with Crippen molar-refractivity contribution in [3.63, 3.8) is 0 Å². The molecule has 0 aliphatic heterocycles. The van der Waals surface area contributed by atoms with Crippen molar-refractivity contribution < 1.29 is 4.79 Å². The molecule has 0 aromatic rings. The van der Waals surface area contributed by atoms with Gasteiger partial charge in [0.05, 0.1) is 0 Å². The van der Waals surface area contributed by atoms with E-state index in [4.69, 9.17) is 11.5 Å². The van der Waals surface area contributed by atoms with Crippen LogP contribution in [0.2, 0.25) is 0 Å². The molecule has 0 radical (unpaired) electrons. The zero-order valence-corrected chi connectivity index (χ0v) is 11.4. The van der Waals surface area contributed by atoms with Crippen molar-refractivity contribution in [3.8, 4) is 0 Å². The van der Waals surface area contributed by atoms with E-state index in [-0.39, 0.29) is 5.91 Å². The first-order chi connectivity index (χ1) is 8.17. The summed E-state index contributed by atoms with van der Waals surface area (Å²) in [6.45, 7) is 4.79. The Morgan fingerprint density at radius 3 is 1.88 bits per heavy atom. The number of carbonyl (C=O) groups excluding carboxylic acids is 1. The lowest BCUT2D eigenvalue weighted by atomic mass is 9.97. The molecule has 0 fully saturated rings. The standard InChI is InChI=1S/C14H28N2O/c1-3-5-7-9-12(11-15)13(14(16)17)10-8-6-4-2/h3-11,15H2,1-2H3,(H2,16,17)/b13-12-. The highest BCUT2D eigenvalue weighted by Crippen LogP contribution is 2.18.